The molecule has 7 nitrogen and oxygen atoms in total. The van der Waals surface area contributed by atoms with Crippen molar-refractivity contribution >= 4 is 5.91 Å². The van der Waals surface area contributed by atoms with Crippen LogP contribution in [0.15, 0.2) is 23.3 Å². The Hall–Kier alpha value is -2.44. The zero-order valence-corrected chi connectivity index (χ0v) is 12.1. The van der Waals surface area contributed by atoms with Gasteiger partial charge in [-0.3, -0.25) is 14.7 Å². The molecular formula is C15H17N5O2. The average Bonchev–Trinajstić information content (AvgIpc) is 3.18. The molecule has 0 atom stereocenters. The van der Waals surface area contributed by atoms with Crippen molar-refractivity contribution in [1.29, 1.82) is 0 Å². The lowest BCUT2D eigenvalue weighted by Crippen LogP contribution is -2.51. The smallest absolute Gasteiger partial charge is 0.252 e. The lowest BCUT2D eigenvalue weighted by atomic mass is 9.76. The number of aromatic nitrogens is 4. The van der Waals surface area contributed by atoms with Crippen LogP contribution in [-0.4, -0.2) is 26.1 Å². The van der Waals surface area contributed by atoms with E-state index in [0.717, 1.165) is 37.8 Å². The Morgan fingerprint density at radius 2 is 2.14 bits per heavy atom. The van der Waals surface area contributed by atoms with E-state index >= 15 is 0 Å². The molecule has 0 spiro atoms. The van der Waals surface area contributed by atoms with Crippen LogP contribution in [0.3, 0.4) is 0 Å². The first-order chi connectivity index (χ1) is 10.7. The van der Waals surface area contributed by atoms with Crippen molar-refractivity contribution in [3.05, 3.63) is 45.9 Å². The summed E-state index contributed by atoms with van der Waals surface area (Å²) in [5.41, 5.74) is 0.573. The number of hydrogen-bond acceptors (Lipinski definition) is 4. The van der Waals surface area contributed by atoms with Crippen LogP contribution in [0.1, 0.15) is 59.9 Å². The minimum absolute atomic E-state index is 0.225. The second-order valence-electron chi connectivity index (χ2n) is 6.19. The molecule has 1 amide bonds. The Labute approximate surface area is 126 Å². The van der Waals surface area contributed by atoms with Gasteiger partial charge in [-0.05, 0) is 44.1 Å². The van der Waals surface area contributed by atoms with Crippen molar-refractivity contribution in [2.24, 2.45) is 0 Å². The van der Waals surface area contributed by atoms with Gasteiger partial charge < -0.3 is 10.3 Å². The highest BCUT2D eigenvalue weighted by molar-refractivity contribution is 5.94. The number of amides is 1. The van der Waals surface area contributed by atoms with Gasteiger partial charge in [0, 0.05) is 17.3 Å². The largest absolute Gasteiger partial charge is 0.339 e. The van der Waals surface area contributed by atoms with E-state index in [4.69, 9.17) is 0 Å². The minimum atomic E-state index is -0.476. The predicted octanol–water partition coefficient (Wildman–Crippen LogP) is 1.18. The molecule has 2 aromatic rings. The van der Waals surface area contributed by atoms with Gasteiger partial charge in [0.2, 0.25) is 5.56 Å². The molecule has 0 radical (unpaired) electrons. The van der Waals surface area contributed by atoms with E-state index in [0.29, 0.717) is 17.3 Å². The number of H-pyrrole nitrogens is 2. The zero-order valence-electron chi connectivity index (χ0n) is 12.1. The standard InChI is InChI=1S/C15H17N5O2/c21-12-7-10(6-11(18-12)9-2-3-9)13(22)19-15(4-1-5-15)14-16-8-17-20-14/h6-9H,1-5H2,(H,18,21)(H,19,22)(H,16,17,20). The van der Waals surface area contributed by atoms with E-state index in [1.807, 2.05) is 0 Å². The van der Waals surface area contributed by atoms with Crippen LogP contribution in [0.5, 0.6) is 0 Å². The van der Waals surface area contributed by atoms with Crippen LogP contribution in [-0.2, 0) is 5.54 Å². The van der Waals surface area contributed by atoms with Crippen molar-refractivity contribution in [3.63, 3.8) is 0 Å². The maximum Gasteiger partial charge on any atom is 0.252 e. The van der Waals surface area contributed by atoms with E-state index in [2.05, 4.69) is 25.5 Å². The van der Waals surface area contributed by atoms with Crippen LogP contribution < -0.4 is 10.9 Å². The number of carbonyl (C=O) groups excluding carboxylic acids is 1. The summed E-state index contributed by atoms with van der Waals surface area (Å²) in [5.74, 6) is 0.843. The van der Waals surface area contributed by atoms with E-state index in [-0.39, 0.29) is 11.5 Å². The summed E-state index contributed by atoms with van der Waals surface area (Å²) in [6, 6.07) is 3.15. The quantitative estimate of drug-likeness (QED) is 0.788. The normalized spacial score (nSPS) is 19.5. The van der Waals surface area contributed by atoms with Crippen LogP contribution in [0.25, 0.3) is 0 Å². The third kappa shape index (κ3) is 2.22. The lowest BCUT2D eigenvalue weighted by molar-refractivity contribution is 0.0809. The van der Waals surface area contributed by atoms with E-state index in [9.17, 15) is 9.59 Å². The summed E-state index contributed by atoms with van der Waals surface area (Å²) in [6.45, 7) is 0. The Kier molecular flexibility index (Phi) is 2.88. The third-order valence-electron chi connectivity index (χ3n) is 4.57. The fourth-order valence-corrected chi connectivity index (χ4v) is 2.99. The molecule has 2 aliphatic carbocycles. The van der Waals surface area contributed by atoms with Gasteiger partial charge in [0.15, 0.2) is 0 Å². The molecule has 0 aliphatic heterocycles. The average molecular weight is 299 g/mol. The molecular weight excluding hydrogens is 282 g/mol. The maximum absolute atomic E-state index is 12.6. The molecule has 3 N–H and O–H groups in total. The van der Waals surface area contributed by atoms with Gasteiger partial charge in [0.25, 0.3) is 5.91 Å². The predicted molar refractivity (Wildman–Crippen MR) is 78.4 cm³/mol. The van der Waals surface area contributed by atoms with Crippen molar-refractivity contribution in [1.82, 2.24) is 25.5 Å². The van der Waals surface area contributed by atoms with Crippen LogP contribution in [0.4, 0.5) is 0 Å². The Balaban J connectivity index is 1.61. The van der Waals surface area contributed by atoms with Gasteiger partial charge in [-0.1, -0.05) is 0 Å². The second kappa shape index (κ2) is 4.79. The Morgan fingerprint density at radius 3 is 2.73 bits per heavy atom. The second-order valence-corrected chi connectivity index (χ2v) is 6.19. The van der Waals surface area contributed by atoms with Crippen LogP contribution >= 0.6 is 0 Å². The summed E-state index contributed by atoms with van der Waals surface area (Å²) < 4.78 is 0. The zero-order chi connectivity index (χ0) is 15.2. The first-order valence-electron chi connectivity index (χ1n) is 7.59. The fourth-order valence-electron chi connectivity index (χ4n) is 2.99. The van der Waals surface area contributed by atoms with Gasteiger partial charge in [-0.25, -0.2) is 4.98 Å². The first-order valence-corrected chi connectivity index (χ1v) is 7.59. The van der Waals surface area contributed by atoms with Crippen molar-refractivity contribution in [3.8, 4) is 0 Å². The number of rotatable bonds is 4. The van der Waals surface area contributed by atoms with Gasteiger partial charge in [-0.15, -0.1) is 0 Å². The van der Waals surface area contributed by atoms with Gasteiger partial charge in [0.05, 0.1) is 5.54 Å². The number of nitrogens with zero attached hydrogens (tertiary/aromatic N) is 2. The molecule has 0 unspecified atom stereocenters. The third-order valence-corrected chi connectivity index (χ3v) is 4.57. The van der Waals surface area contributed by atoms with Crippen LogP contribution in [0.2, 0.25) is 0 Å². The summed E-state index contributed by atoms with van der Waals surface area (Å²) in [5, 5.41) is 9.75. The number of nitrogens with one attached hydrogen (secondary N) is 3. The minimum Gasteiger partial charge on any atom is -0.339 e. The van der Waals surface area contributed by atoms with E-state index in [1.54, 1.807) is 6.07 Å². The molecule has 2 aromatic heterocycles. The van der Waals surface area contributed by atoms with Gasteiger partial charge in [0.1, 0.15) is 12.2 Å². The lowest BCUT2D eigenvalue weighted by Gasteiger charge is -2.40. The monoisotopic (exact) mass is 299 g/mol. The SMILES string of the molecule is O=C(NC1(c2ncn[nH]2)CCC1)c1cc(C2CC2)[nH]c(=O)c1. The number of carbonyl (C=O) groups is 1. The highest BCUT2D eigenvalue weighted by Gasteiger charge is 2.43. The maximum atomic E-state index is 12.6. The molecule has 22 heavy (non-hydrogen) atoms. The Bertz CT molecular complexity index is 756. The van der Waals surface area contributed by atoms with E-state index in [1.165, 1.54) is 12.4 Å². The molecule has 2 fully saturated rings. The molecule has 0 aromatic carbocycles. The Morgan fingerprint density at radius 1 is 1.32 bits per heavy atom. The summed E-state index contributed by atoms with van der Waals surface area (Å²) in [4.78, 5) is 31.3. The number of aromatic amines is 2. The van der Waals surface area contributed by atoms with Crippen molar-refractivity contribution in [2.75, 3.05) is 0 Å². The van der Waals surface area contributed by atoms with Crippen molar-refractivity contribution in [2.45, 2.75) is 43.6 Å². The molecule has 4 rings (SSSR count). The summed E-state index contributed by atoms with van der Waals surface area (Å²) >= 11 is 0. The number of pyridine rings is 1. The molecule has 2 saturated carbocycles. The molecule has 0 saturated heterocycles. The highest BCUT2D eigenvalue weighted by atomic mass is 16.2. The summed E-state index contributed by atoms with van der Waals surface area (Å²) in [7, 11) is 0. The molecule has 2 aliphatic rings. The van der Waals surface area contributed by atoms with Crippen molar-refractivity contribution < 1.29 is 4.79 Å². The summed E-state index contributed by atoms with van der Waals surface area (Å²) in [6.07, 6.45) is 6.27. The molecule has 2 heterocycles. The van der Waals surface area contributed by atoms with E-state index < -0.39 is 5.54 Å². The number of hydrogen-bond donors (Lipinski definition) is 3. The van der Waals surface area contributed by atoms with Gasteiger partial charge >= 0.3 is 0 Å². The molecule has 114 valence electrons. The van der Waals surface area contributed by atoms with Crippen LogP contribution in [0, 0.1) is 0 Å². The fraction of sp³-hybridized carbons (Fsp3) is 0.467. The highest BCUT2D eigenvalue weighted by Crippen LogP contribution is 2.40. The molecule has 7 heteroatoms. The topological polar surface area (TPSA) is 104 Å². The van der Waals surface area contributed by atoms with Gasteiger partial charge in [-0.2, -0.15) is 5.10 Å². The first kappa shape index (κ1) is 13.2. The molecule has 0 bridgehead atoms.